The maximum atomic E-state index is 12.8. The number of benzene rings is 2. The number of aromatic nitrogens is 4. The average Bonchev–Trinajstić information content (AvgIpc) is 3.28. The highest BCUT2D eigenvalue weighted by Crippen LogP contribution is 2.21. The minimum Gasteiger partial charge on any atom is -0.489 e. The summed E-state index contributed by atoms with van der Waals surface area (Å²) in [4.78, 5) is 0.262. The second kappa shape index (κ2) is 8.05. The van der Waals surface area contributed by atoms with Crippen LogP contribution in [0.3, 0.4) is 0 Å². The van der Waals surface area contributed by atoms with E-state index in [-0.39, 0.29) is 11.5 Å². The molecular formula is C18H19N5O4S. The van der Waals surface area contributed by atoms with Crippen molar-refractivity contribution in [1.29, 1.82) is 0 Å². The third-order valence-electron chi connectivity index (χ3n) is 4.34. The van der Waals surface area contributed by atoms with Crippen molar-refractivity contribution in [3.8, 4) is 11.4 Å². The normalized spacial score (nSPS) is 15.4. The van der Waals surface area contributed by atoms with Crippen LogP contribution in [0.15, 0.2) is 59.8 Å². The second-order valence-corrected chi connectivity index (χ2v) is 8.14. The van der Waals surface area contributed by atoms with E-state index in [1.165, 1.54) is 15.3 Å². The molecule has 0 atom stereocenters. The molecule has 1 fully saturated rings. The molecule has 1 aromatic heterocycles. The molecule has 2 heterocycles. The number of tetrazole rings is 1. The molecule has 0 bridgehead atoms. The second-order valence-electron chi connectivity index (χ2n) is 6.20. The summed E-state index contributed by atoms with van der Waals surface area (Å²) in [6.45, 7) is 1.81. The molecule has 28 heavy (non-hydrogen) atoms. The first-order valence-electron chi connectivity index (χ1n) is 8.76. The van der Waals surface area contributed by atoms with Crippen molar-refractivity contribution in [1.82, 2.24) is 24.5 Å². The minimum atomic E-state index is -3.53. The van der Waals surface area contributed by atoms with Gasteiger partial charge in [0.1, 0.15) is 18.7 Å². The van der Waals surface area contributed by atoms with E-state index in [1.807, 2.05) is 30.3 Å². The first-order valence-corrected chi connectivity index (χ1v) is 10.2. The molecule has 146 valence electrons. The van der Waals surface area contributed by atoms with Gasteiger partial charge in [0.2, 0.25) is 10.0 Å². The van der Waals surface area contributed by atoms with Crippen LogP contribution in [-0.2, 0) is 21.4 Å². The number of sulfonamides is 1. The van der Waals surface area contributed by atoms with Gasteiger partial charge in [-0.15, -0.1) is 5.10 Å². The molecule has 2 aromatic carbocycles. The number of morpholine rings is 1. The summed E-state index contributed by atoms with van der Waals surface area (Å²) in [5, 5.41) is 11.1. The van der Waals surface area contributed by atoms with E-state index >= 15 is 0 Å². The predicted molar refractivity (Wildman–Crippen MR) is 99.5 cm³/mol. The topological polar surface area (TPSA) is 99.4 Å². The molecule has 0 saturated carbocycles. The van der Waals surface area contributed by atoms with Crippen LogP contribution in [0, 0.1) is 0 Å². The zero-order valence-electron chi connectivity index (χ0n) is 15.0. The Kier molecular flexibility index (Phi) is 5.33. The van der Waals surface area contributed by atoms with E-state index in [2.05, 4.69) is 15.5 Å². The Balaban J connectivity index is 1.48. The van der Waals surface area contributed by atoms with E-state index in [9.17, 15) is 8.42 Å². The van der Waals surface area contributed by atoms with Crippen molar-refractivity contribution in [3.05, 3.63) is 60.4 Å². The largest absolute Gasteiger partial charge is 0.489 e. The van der Waals surface area contributed by atoms with Gasteiger partial charge < -0.3 is 9.47 Å². The van der Waals surface area contributed by atoms with Gasteiger partial charge in [0.05, 0.1) is 23.8 Å². The van der Waals surface area contributed by atoms with Gasteiger partial charge in [-0.3, -0.25) is 0 Å². The van der Waals surface area contributed by atoms with Crippen LogP contribution in [0.4, 0.5) is 0 Å². The molecule has 3 aromatic rings. The third kappa shape index (κ3) is 4.03. The van der Waals surface area contributed by atoms with Gasteiger partial charge in [-0.25, -0.2) is 13.1 Å². The van der Waals surface area contributed by atoms with Gasteiger partial charge in [0.25, 0.3) is 0 Å². The molecule has 1 aliphatic rings. The molecule has 0 N–H and O–H groups in total. The summed E-state index contributed by atoms with van der Waals surface area (Å²) < 4.78 is 39.6. The SMILES string of the molecule is O=S(=O)(c1cccc(COc2cccc(-n3cnnn3)c2)c1)N1CCOCC1. The highest BCUT2D eigenvalue weighted by molar-refractivity contribution is 7.89. The van der Waals surface area contributed by atoms with E-state index in [1.54, 1.807) is 18.2 Å². The number of nitrogens with zero attached hydrogens (tertiary/aromatic N) is 5. The standard InChI is InChI=1S/C18H19N5O4S/c24-28(25,22-7-9-26-10-8-22)18-6-1-3-15(11-18)13-27-17-5-2-4-16(12-17)23-14-19-20-21-23/h1-6,11-12,14H,7-10,13H2. The third-order valence-corrected chi connectivity index (χ3v) is 6.24. The summed E-state index contributed by atoms with van der Waals surface area (Å²) in [6.07, 6.45) is 1.50. The molecule has 0 aliphatic carbocycles. The van der Waals surface area contributed by atoms with Gasteiger partial charge in [-0.05, 0) is 40.3 Å². The molecule has 10 heteroatoms. The smallest absolute Gasteiger partial charge is 0.243 e. The molecule has 0 amide bonds. The summed E-state index contributed by atoms with van der Waals surface area (Å²) in [5.74, 6) is 0.634. The molecule has 1 aliphatic heterocycles. The molecular weight excluding hydrogens is 382 g/mol. The highest BCUT2D eigenvalue weighted by atomic mass is 32.2. The fourth-order valence-electron chi connectivity index (χ4n) is 2.89. The Hall–Kier alpha value is -2.82. The number of hydrogen-bond donors (Lipinski definition) is 0. The number of hydrogen-bond acceptors (Lipinski definition) is 7. The lowest BCUT2D eigenvalue weighted by atomic mass is 10.2. The summed E-state index contributed by atoms with van der Waals surface area (Å²) >= 11 is 0. The lowest BCUT2D eigenvalue weighted by Gasteiger charge is -2.26. The fourth-order valence-corrected chi connectivity index (χ4v) is 4.37. The Bertz CT molecular complexity index is 1030. The summed E-state index contributed by atoms with van der Waals surface area (Å²) in [6, 6.07) is 14.1. The highest BCUT2D eigenvalue weighted by Gasteiger charge is 2.26. The molecule has 4 rings (SSSR count). The predicted octanol–water partition coefficient (Wildman–Crippen LogP) is 1.26. The molecule has 9 nitrogen and oxygen atoms in total. The van der Waals surface area contributed by atoms with Crippen LogP contribution in [0.2, 0.25) is 0 Å². The maximum Gasteiger partial charge on any atom is 0.243 e. The quantitative estimate of drug-likeness (QED) is 0.613. The molecule has 0 radical (unpaired) electrons. The van der Waals surface area contributed by atoms with Crippen molar-refractivity contribution in [2.45, 2.75) is 11.5 Å². The van der Waals surface area contributed by atoms with E-state index in [4.69, 9.17) is 9.47 Å². The molecule has 0 unspecified atom stereocenters. The van der Waals surface area contributed by atoms with Crippen LogP contribution < -0.4 is 4.74 Å². The zero-order valence-corrected chi connectivity index (χ0v) is 15.8. The molecule has 0 spiro atoms. The van der Waals surface area contributed by atoms with Crippen LogP contribution in [-0.4, -0.2) is 59.2 Å². The Labute approximate surface area is 162 Å². The van der Waals surface area contributed by atoms with Gasteiger partial charge in [-0.1, -0.05) is 18.2 Å². The lowest BCUT2D eigenvalue weighted by molar-refractivity contribution is 0.0730. The Morgan fingerprint density at radius 1 is 1.07 bits per heavy atom. The number of ether oxygens (including phenoxy) is 2. The van der Waals surface area contributed by atoms with Crippen LogP contribution in [0.1, 0.15) is 5.56 Å². The van der Waals surface area contributed by atoms with Crippen molar-refractivity contribution in [2.75, 3.05) is 26.3 Å². The van der Waals surface area contributed by atoms with Crippen LogP contribution in [0.25, 0.3) is 5.69 Å². The first-order chi connectivity index (χ1) is 13.6. The minimum absolute atomic E-state index is 0.242. The maximum absolute atomic E-state index is 12.8. The van der Waals surface area contributed by atoms with Crippen LogP contribution >= 0.6 is 0 Å². The van der Waals surface area contributed by atoms with Gasteiger partial charge in [0.15, 0.2) is 0 Å². The van der Waals surface area contributed by atoms with Crippen molar-refractivity contribution in [2.24, 2.45) is 0 Å². The van der Waals surface area contributed by atoms with Crippen LogP contribution in [0.5, 0.6) is 5.75 Å². The fraction of sp³-hybridized carbons (Fsp3) is 0.278. The van der Waals surface area contributed by atoms with Crippen molar-refractivity contribution in [3.63, 3.8) is 0 Å². The van der Waals surface area contributed by atoms with E-state index in [0.717, 1.165) is 11.3 Å². The van der Waals surface area contributed by atoms with Gasteiger partial charge in [-0.2, -0.15) is 4.31 Å². The Morgan fingerprint density at radius 2 is 1.89 bits per heavy atom. The van der Waals surface area contributed by atoms with E-state index in [0.29, 0.717) is 32.1 Å². The lowest BCUT2D eigenvalue weighted by Crippen LogP contribution is -2.40. The van der Waals surface area contributed by atoms with Gasteiger partial charge >= 0.3 is 0 Å². The zero-order chi connectivity index (χ0) is 19.4. The summed E-state index contributed by atoms with van der Waals surface area (Å²) in [7, 11) is -3.53. The summed E-state index contributed by atoms with van der Waals surface area (Å²) in [5.41, 5.74) is 1.54. The number of rotatable bonds is 6. The van der Waals surface area contributed by atoms with Gasteiger partial charge in [0, 0.05) is 19.2 Å². The van der Waals surface area contributed by atoms with Crippen molar-refractivity contribution >= 4 is 10.0 Å². The Morgan fingerprint density at radius 3 is 2.68 bits per heavy atom. The average molecular weight is 401 g/mol. The monoisotopic (exact) mass is 401 g/mol. The van der Waals surface area contributed by atoms with E-state index < -0.39 is 10.0 Å². The first kappa shape index (κ1) is 18.5. The molecule has 1 saturated heterocycles. The van der Waals surface area contributed by atoms with Crippen molar-refractivity contribution < 1.29 is 17.9 Å².